The summed E-state index contributed by atoms with van der Waals surface area (Å²) in [6.45, 7) is 8.36. The number of fused-ring (bicyclic) bond motifs is 4. The lowest BCUT2D eigenvalue weighted by atomic mass is 9.83. The van der Waals surface area contributed by atoms with Crippen LogP contribution in [0.3, 0.4) is 0 Å². The Morgan fingerprint density at radius 2 is 1.69 bits per heavy atom. The van der Waals surface area contributed by atoms with E-state index in [4.69, 9.17) is 23.8 Å². The maximum absolute atomic E-state index is 14.2. The summed E-state index contributed by atoms with van der Waals surface area (Å²) < 4.78 is 0. The molecule has 2 atom stereocenters. The van der Waals surface area contributed by atoms with E-state index in [-0.39, 0.29) is 30.3 Å². The first-order valence-corrected chi connectivity index (χ1v) is 18.4. The van der Waals surface area contributed by atoms with E-state index in [0.29, 0.717) is 74.3 Å². The normalized spacial score (nSPS) is 25.3. The molecule has 6 aliphatic rings. The van der Waals surface area contributed by atoms with E-state index in [0.717, 1.165) is 48.8 Å². The number of anilines is 2. The number of urea groups is 1. The van der Waals surface area contributed by atoms with Crippen molar-refractivity contribution in [1.82, 2.24) is 24.5 Å². The molecule has 3 N–H and O–H groups in total. The van der Waals surface area contributed by atoms with E-state index < -0.39 is 5.92 Å². The van der Waals surface area contributed by atoms with E-state index in [9.17, 15) is 14.4 Å². The number of carbonyl (C=O) groups excluding carboxylic acids is 3. The number of benzene rings is 2. The standard InChI is InChI=1S/C38H48ClN7O3/c1-2-27-21-26(23-32(39)36(27)40)22-30(37(48)45-19-17-43(18-20-45)34-25-42-12-7-29(34)8-13-42)24-35(47)44-14-10-31(11-15-44)46-16-9-28-5-3-4-6-33(28)41-38(46)49/h1,3-6,21,23,29-31,34H,7-20,22,24-25,40H2,(H,41,49)/t30-,34?/m0/s1. The number of halogens is 1. The second-order valence-corrected chi connectivity index (χ2v) is 14.9. The van der Waals surface area contributed by atoms with Crippen LogP contribution in [-0.2, 0) is 22.4 Å². The third-order valence-electron chi connectivity index (χ3n) is 11.7. The van der Waals surface area contributed by atoms with Crippen LogP contribution in [0.15, 0.2) is 36.4 Å². The molecule has 5 fully saturated rings. The van der Waals surface area contributed by atoms with Gasteiger partial charge in [-0.2, -0.15) is 0 Å². The molecule has 6 aliphatic heterocycles. The first kappa shape index (κ1) is 33.7. The minimum Gasteiger partial charge on any atom is -0.397 e. The van der Waals surface area contributed by atoms with Crippen LogP contribution < -0.4 is 11.1 Å². The smallest absolute Gasteiger partial charge is 0.322 e. The van der Waals surface area contributed by atoms with Crippen LogP contribution in [0.25, 0.3) is 0 Å². The van der Waals surface area contributed by atoms with E-state index in [1.807, 2.05) is 39.0 Å². The summed E-state index contributed by atoms with van der Waals surface area (Å²) in [5.74, 6) is 2.79. The van der Waals surface area contributed by atoms with Crippen molar-refractivity contribution in [3.05, 3.63) is 58.1 Å². The van der Waals surface area contributed by atoms with Crippen molar-refractivity contribution >= 4 is 40.8 Å². The molecule has 0 aliphatic carbocycles. The van der Waals surface area contributed by atoms with Crippen molar-refractivity contribution in [3.63, 3.8) is 0 Å². The first-order valence-electron chi connectivity index (χ1n) is 18.0. The third-order valence-corrected chi connectivity index (χ3v) is 12.0. The Kier molecular flexibility index (Phi) is 10.0. The van der Waals surface area contributed by atoms with E-state index in [1.54, 1.807) is 6.07 Å². The van der Waals surface area contributed by atoms with Gasteiger partial charge < -0.3 is 30.7 Å². The fourth-order valence-corrected chi connectivity index (χ4v) is 9.07. The Morgan fingerprint density at radius 1 is 0.959 bits per heavy atom. The van der Waals surface area contributed by atoms with Crippen molar-refractivity contribution in [2.24, 2.45) is 11.8 Å². The molecule has 5 saturated heterocycles. The number of hydrogen-bond donors (Lipinski definition) is 2. The van der Waals surface area contributed by atoms with Crippen molar-refractivity contribution in [2.75, 3.05) is 76.5 Å². The molecule has 11 heteroatoms. The Bertz CT molecular complexity index is 1600. The maximum Gasteiger partial charge on any atom is 0.322 e. The van der Waals surface area contributed by atoms with Crippen LogP contribution in [0.5, 0.6) is 0 Å². The molecule has 49 heavy (non-hydrogen) atoms. The SMILES string of the molecule is C#Cc1cc(C[C@@H](CC(=O)N2CCC(N3CCc4ccccc4NC3=O)CC2)C(=O)N2CCN(C3CN4CCC3CC4)CC2)cc(Cl)c1N. The highest BCUT2D eigenvalue weighted by Crippen LogP contribution is 2.32. The van der Waals surface area contributed by atoms with Gasteiger partial charge in [-0.25, -0.2) is 4.79 Å². The van der Waals surface area contributed by atoms with Gasteiger partial charge in [0, 0.05) is 82.1 Å². The molecule has 0 aromatic heterocycles. The predicted molar refractivity (Wildman–Crippen MR) is 192 cm³/mol. The number of nitrogens with one attached hydrogen (secondary N) is 1. The fraction of sp³-hybridized carbons (Fsp3) is 0.553. The summed E-state index contributed by atoms with van der Waals surface area (Å²) in [4.78, 5) is 52.2. The van der Waals surface area contributed by atoms with Crippen LogP contribution in [0.2, 0.25) is 5.02 Å². The van der Waals surface area contributed by atoms with E-state index in [1.165, 1.54) is 25.9 Å². The average Bonchev–Trinajstić information content (AvgIpc) is 3.31. The molecule has 10 nitrogen and oxygen atoms in total. The van der Waals surface area contributed by atoms with Gasteiger partial charge in [-0.1, -0.05) is 35.7 Å². The van der Waals surface area contributed by atoms with E-state index >= 15 is 0 Å². The largest absolute Gasteiger partial charge is 0.397 e. The van der Waals surface area contributed by atoms with Crippen LogP contribution in [0.4, 0.5) is 16.2 Å². The lowest BCUT2D eigenvalue weighted by Gasteiger charge is -2.51. The average molecular weight is 686 g/mol. The van der Waals surface area contributed by atoms with Gasteiger partial charge in [0.05, 0.1) is 16.6 Å². The number of terminal acetylenes is 1. The zero-order valence-corrected chi connectivity index (χ0v) is 29.0. The number of likely N-dealkylation sites (tertiary alicyclic amines) is 1. The molecule has 2 aromatic rings. The Morgan fingerprint density at radius 3 is 2.39 bits per heavy atom. The summed E-state index contributed by atoms with van der Waals surface area (Å²) in [7, 11) is 0. The van der Waals surface area contributed by atoms with Crippen molar-refractivity contribution in [1.29, 1.82) is 0 Å². The molecule has 0 spiro atoms. The highest BCUT2D eigenvalue weighted by Gasteiger charge is 2.40. The molecule has 2 aromatic carbocycles. The van der Waals surface area contributed by atoms with Crippen molar-refractivity contribution < 1.29 is 14.4 Å². The number of piperidine rings is 4. The number of nitrogens with two attached hydrogens (primary N) is 1. The summed E-state index contributed by atoms with van der Waals surface area (Å²) >= 11 is 6.45. The number of carbonyl (C=O) groups is 3. The number of piperazine rings is 1. The van der Waals surface area contributed by atoms with Crippen molar-refractivity contribution in [3.8, 4) is 12.3 Å². The van der Waals surface area contributed by atoms with Gasteiger partial charge in [-0.15, -0.1) is 6.42 Å². The fourth-order valence-electron chi connectivity index (χ4n) is 8.83. The Hall–Kier alpha value is -3.78. The summed E-state index contributed by atoms with van der Waals surface area (Å²) in [5, 5.41) is 3.43. The summed E-state index contributed by atoms with van der Waals surface area (Å²) in [5.41, 5.74) is 9.76. The quantitative estimate of drug-likeness (QED) is 0.340. The highest BCUT2D eigenvalue weighted by atomic mass is 35.5. The number of nitrogens with zero attached hydrogens (tertiary/aromatic N) is 5. The molecule has 260 valence electrons. The topological polar surface area (TPSA) is 105 Å². The molecule has 4 amide bonds. The highest BCUT2D eigenvalue weighted by molar-refractivity contribution is 6.33. The van der Waals surface area contributed by atoms with Gasteiger partial charge in [0.1, 0.15) is 0 Å². The minimum atomic E-state index is -0.547. The van der Waals surface area contributed by atoms with E-state index in [2.05, 4.69) is 27.1 Å². The van der Waals surface area contributed by atoms with Gasteiger partial charge in [0.15, 0.2) is 0 Å². The van der Waals surface area contributed by atoms with Gasteiger partial charge in [0.25, 0.3) is 0 Å². The molecule has 6 heterocycles. The predicted octanol–water partition coefficient (Wildman–Crippen LogP) is 3.77. The zero-order chi connectivity index (χ0) is 34.1. The molecule has 8 rings (SSSR count). The monoisotopic (exact) mass is 685 g/mol. The molecular formula is C38H48ClN7O3. The zero-order valence-electron chi connectivity index (χ0n) is 28.3. The van der Waals surface area contributed by atoms with Gasteiger partial charge in [-0.05, 0) is 86.9 Å². The molecular weight excluding hydrogens is 638 g/mol. The molecule has 0 saturated carbocycles. The van der Waals surface area contributed by atoms with Crippen LogP contribution in [0, 0.1) is 24.2 Å². The molecule has 2 bridgehead atoms. The number of para-hydroxylation sites is 1. The summed E-state index contributed by atoms with van der Waals surface area (Å²) in [6.07, 6.45) is 10.9. The third kappa shape index (κ3) is 7.26. The lowest BCUT2D eigenvalue weighted by molar-refractivity contribution is -0.143. The second kappa shape index (κ2) is 14.6. The van der Waals surface area contributed by atoms with Crippen LogP contribution in [-0.4, -0.2) is 120 Å². The summed E-state index contributed by atoms with van der Waals surface area (Å²) in [6, 6.07) is 12.1. The molecule has 0 radical (unpaired) electrons. The van der Waals surface area contributed by atoms with Gasteiger partial charge in [-0.3, -0.25) is 14.5 Å². The Balaban J connectivity index is 0.998. The first-order chi connectivity index (χ1) is 23.8. The second-order valence-electron chi connectivity index (χ2n) is 14.5. The van der Waals surface area contributed by atoms with Gasteiger partial charge >= 0.3 is 6.03 Å². The van der Waals surface area contributed by atoms with Gasteiger partial charge in [0.2, 0.25) is 11.8 Å². The number of hydrogen-bond acceptors (Lipinski definition) is 6. The molecule has 1 unspecified atom stereocenters. The van der Waals surface area contributed by atoms with Crippen LogP contribution >= 0.6 is 11.6 Å². The lowest BCUT2D eigenvalue weighted by Crippen LogP contribution is -2.61. The number of amides is 4. The Labute approximate surface area is 294 Å². The van der Waals surface area contributed by atoms with Crippen LogP contribution in [0.1, 0.15) is 48.8 Å². The number of nitrogen functional groups attached to an aromatic ring is 1. The maximum atomic E-state index is 14.2. The van der Waals surface area contributed by atoms with Crippen molar-refractivity contribution in [2.45, 2.75) is 57.0 Å². The minimum absolute atomic E-state index is 0.00723. The number of rotatable bonds is 7.